The average molecular weight is 437 g/mol. The van der Waals surface area contributed by atoms with Crippen molar-refractivity contribution in [3.8, 4) is 11.3 Å². The Balaban J connectivity index is 1.60. The molecule has 0 saturated carbocycles. The molecule has 6 nitrogen and oxygen atoms in total. The Kier molecular flexibility index (Phi) is 7.92. The molecule has 2 N–H and O–H groups in total. The highest BCUT2D eigenvalue weighted by Crippen LogP contribution is 2.25. The first kappa shape index (κ1) is 22.7. The number of rotatable bonds is 9. The van der Waals surface area contributed by atoms with E-state index in [1.54, 1.807) is 0 Å². The van der Waals surface area contributed by atoms with Gasteiger partial charge in [-0.15, -0.1) is 11.3 Å². The molecule has 3 aromatic rings. The third-order valence-corrected chi connectivity index (χ3v) is 5.79. The molecule has 0 spiro atoms. The summed E-state index contributed by atoms with van der Waals surface area (Å²) in [6.45, 7) is 9.18. The van der Waals surface area contributed by atoms with Crippen molar-refractivity contribution in [2.24, 2.45) is 0 Å². The fourth-order valence-electron chi connectivity index (χ4n) is 3.12. The van der Waals surface area contributed by atoms with E-state index >= 15 is 0 Å². The number of hydrogen-bond donors (Lipinski definition) is 2. The summed E-state index contributed by atoms with van der Waals surface area (Å²) in [5.74, 6) is -0.219. The van der Waals surface area contributed by atoms with Crippen molar-refractivity contribution in [1.82, 2.24) is 15.2 Å². The lowest BCUT2D eigenvalue weighted by atomic mass is 10.1. The lowest BCUT2D eigenvalue weighted by Crippen LogP contribution is -2.22. The summed E-state index contributed by atoms with van der Waals surface area (Å²) in [6, 6.07) is 15.6. The summed E-state index contributed by atoms with van der Waals surface area (Å²) >= 11 is 1.40. The first-order valence-electron chi connectivity index (χ1n) is 10.4. The van der Waals surface area contributed by atoms with Crippen LogP contribution in [0.3, 0.4) is 0 Å². The number of anilines is 1. The lowest BCUT2D eigenvalue weighted by molar-refractivity contribution is -0.119. The molecule has 0 atom stereocenters. The molecule has 0 aliphatic rings. The Bertz CT molecular complexity index is 1010. The number of carbonyl (C=O) groups is 2. The van der Waals surface area contributed by atoms with Crippen molar-refractivity contribution >= 4 is 28.3 Å². The summed E-state index contributed by atoms with van der Waals surface area (Å²) in [4.78, 5) is 30.5. The number of benzene rings is 2. The predicted molar refractivity (Wildman–Crippen MR) is 126 cm³/mol. The van der Waals surface area contributed by atoms with E-state index in [1.165, 1.54) is 23.8 Å². The molecule has 0 radical (unpaired) electrons. The van der Waals surface area contributed by atoms with Crippen molar-refractivity contribution in [2.75, 3.05) is 18.4 Å². The van der Waals surface area contributed by atoms with Gasteiger partial charge in [0.05, 0.1) is 5.69 Å². The maximum atomic E-state index is 12.6. The predicted octanol–water partition coefficient (Wildman–Crippen LogP) is 4.54. The van der Waals surface area contributed by atoms with Crippen molar-refractivity contribution < 1.29 is 9.59 Å². The van der Waals surface area contributed by atoms with Crippen LogP contribution in [0, 0.1) is 0 Å². The largest absolute Gasteiger partial charge is 0.352 e. The number of aromatic nitrogens is 1. The van der Waals surface area contributed by atoms with Crippen LogP contribution in [0.5, 0.6) is 0 Å². The molecule has 0 saturated heterocycles. The Morgan fingerprint density at radius 1 is 0.968 bits per heavy atom. The molecule has 1 heterocycles. The van der Waals surface area contributed by atoms with Crippen LogP contribution in [0.15, 0.2) is 53.9 Å². The van der Waals surface area contributed by atoms with Gasteiger partial charge in [-0.1, -0.05) is 50.2 Å². The van der Waals surface area contributed by atoms with Crippen LogP contribution in [0.25, 0.3) is 11.3 Å². The standard InChI is InChI=1S/C24H28N4O2S/c1-4-28(5-2)15-19-8-12-21(13-9-19)23(30)27-24-26-22(16-31-24)20-10-6-18(7-11-20)14-25-17(3)29/h6-13,16H,4-5,14-15H2,1-3H3,(H,25,29)(H,26,27,30). The van der Waals surface area contributed by atoms with Gasteiger partial charge in [0.15, 0.2) is 5.13 Å². The van der Waals surface area contributed by atoms with Gasteiger partial charge in [0.1, 0.15) is 0 Å². The highest BCUT2D eigenvalue weighted by molar-refractivity contribution is 7.14. The summed E-state index contributed by atoms with van der Waals surface area (Å²) < 4.78 is 0. The topological polar surface area (TPSA) is 74.3 Å². The van der Waals surface area contributed by atoms with Crippen LogP contribution in [0.4, 0.5) is 5.13 Å². The van der Waals surface area contributed by atoms with Gasteiger partial charge in [-0.2, -0.15) is 0 Å². The van der Waals surface area contributed by atoms with Gasteiger partial charge >= 0.3 is 0 Å². The molecular weight excluding hydrogens is 408 g/mol. The molecule has 1 aromatic heterocycles. The first-order valence-corrected chi connectivity index (χ1v) is 11.3. The van der Waals surface area contributed by atoms with E-state index in [1.807, 2.05) is 53.9 Å². The minimum atomic E-state index is -0.166. The summed E-state index contributed by atoms with van der Waals surface area (Å²) in [7, 11) is 0. The fraction of sp³-hybridized carbons (Fsp3) is 0.292. The zero-order valence-electron chi connectivity index (χ0n) is 18.1. The van der Waals surface area contributed by atoms with Crippen LogP contribution >= 0.6 is 11.3 Å². The first-order chi connectivity index (χ1) is 15.0. The van der Waals surface area contributed by atoms with Gasteiger partial charge in [-0.25, -0.2) is 4.98 Å². The van der Waals surface area contributed by atoms with Gasteiger partial charge in [-0.05, 0) is 36.3 Å². The highest BCUT2D eigenvalue weighted by atomic mass is 32.1. The molecule has 0 aliphatic carbocycles. The van der Waals surface area contributed by atoms with Gasteiger partial charge in [-0.3, -0.25) is 19.8 Å². The number of carbonyl (C=O) groups excluding carboxylic acids is 2. The molecule has 162 valence electrons. The smallest absolute Gasteiger partial charge is 0.257 e. The van der Waals surface area contributed by atoms with E-state index in [2.05, 4.69) is 34.4 Å². The minimum absolute atomic E-state index is 0.0532. The normalized spacial score (nSPS) is 10.8. The quantitative estimate of drug-likeness (QED) is 0.516. The molecule has 31 heavy (non-hydrogen) atoms. The highest BCUT2D eigenvalue weighted by Gasteiger charge is 2.11. The average Bonchev–Trinajstić information content (AvgIpc) is 3.25. The number of nitrogens with one attached hydrogen (secondary N) is 2. The molecule has 0 fully saturated rings. The molecule has 0 aliphatic heterocycles. The molecule has 0 unspecified atom stereocenters. The van der Waals surface area contributed by atoms with Crippen LogP contribution in [0.1, 0.15) is 42.3 Å². The van der Waals surface area contributed by atoms with Crippen LogP contribution in [-0.4, -0.2) is 34.8 Å². The van der Waals surface area contributed by atoms with Crippen molar-refractivity contribution in [2.45, 2.75) is 33.9 Å². The molecule has 2 amide bonds. The maximum Gasteiger partial charge on any atom is 0.257 e. The zero-order valence-corrected chi connectivity index (χ0v) is 19.0. The Labute approximate surface area is 187 Å². The zero-order chi connectivity index (χ0) is 22.2. The molecular formula is C24H28N4O2S. The van der Waals surface area contributed by atoms with Crippen molar-refractivity contribution in [3.63, 3.8) is 0 Å². The lowest BCUT2D eigenvalue weighted by Gasteiger charge is -2.17. The van der Waals surface area contributed by atoms with E-state index in [0.717, 1.165) is 36.5 Å². The molecule has 7 heteroatoms. The SMILES string of the molecule is CCN(CC)Cc1ccc(C(=O)Nc2nc(-c3ccc(CNC(C)=O)cc3)cs2)cc1. The van der Waals surface area contributed by atoms with Gasteiger partial charge < -0.3 is 5.32 Å². The summed E-state index contributed by atoms with van der Waals surface area (Å²) in [6.07, 6.45) is 0. The number of amides is 2. The Morgan fingerprint density at radius 2 is 1.61 bits per heavy atom. The van der Waals surface area contributed by atoms with E-state index in [9.17, 15) is 9.59 Å². The fourth-order valence-corrected chi connectivity index (χ4v) is 3.83. The van der Waals surface area contributed by atoms with E-state index in [0.29, 0.717) is 17.2 Å². The number of hydrogen-bond acceptors (Lipinski definition) is 5. The van der Waals surface area contributed by atoms with Crippen LogP contribution < -0.4 is 10.6 Å². The van der Waals surface area contributed by atoms with Crippen molar-refractivity contribution in [3.05, 3.63) is 70.6 Å². The Morgan fingerprint density at radius 3 is 2.23 bits per heavy atom. The minimum Gasteiger partial charge on any atom is -0.352 e. The molecule has 2 aromatic carbocycles. The summed E-state index contributed by atoms with van der Waals surface area (Å²) in [5.41, 5.74) is 4.60. The molecule has 0 bridgehead atoms. The molecule has 3 rings (SSSR count). The third kappa shape index (κ3) is 6.47. The second-order valence-electron chi connectivity index (χ2n) is 7.26. The van der Waals surface area contributed by atoms with Crippen LogP contribution in [0.2, 0.25) is 0 Å². The van der Waals surface area contributed by atoms with E-state index in [4.69, 9.17) is 0 Å². The Hall–Kier alpha value is -3.03. The van der Waals surface area contributed by atoms with Gasteiger partial charge in [0.25, 0.3) is 5.91 Å². The van der Waals surface area contributed by atoms with Gasteiger partial charge in [0.2, 0.25) is 5.91 Å². The maximum absolute atomic E-state index is 12.6. The second-order valence-corrected chi connectivity index (χ2v) is 8.12. The monoisotopic (exact) mass is 436 g/mol. The van der Waals surface area contributed by atoms with Gasteiger partial charge in [0, 0.05) is 36.5 Å². The number of thiazole rings is 1. The van der Waals surface area contributed by atoms with Crippen LogP contribution in [-0.2, 0) is 17.9 Å². The summed E-state index contributed by atoms with van der Waals surface area (Å²) in [5, 5.41) is 8.15. The van der Waals surface area contributed by atoms with E-state index in [-0.39, 0.29) is 11.8 Å². The third-order valence-electron chi connectivity index (χ3n) is 5.03. The second kappa shape index (κ2) is 10.8. The number of nitrogens with zero attached hydrogens (tertiary/aromatic N) is 2. The van der Waals surface area contributed by atoms with E-state index < -0.39 is 0 Å². The van der Waals surface area contributed by atoms with Crippen molar-refractivity contribution in [1.29, 1.82) is 0 Å².